The number of nitrogens with one attached hydrogen (secondary N) is 1. The Balaban J connectivity index is 1.77. The second-order valence-electron chi connectivity index (χ2n) is 7.15. The third kappa shape index (κ3) is 3.97. The van der Waals surface area contributed by atoms with Gasteiger partial charge in [-0.15, -0.1) is 0 Å². The summed E-state index contributed by atoms with van der Waals surface area (Å²) < 4.78 is 1.98. The molecule has 5 heteroatoms. The van der Waals surface area contributed by atoms with E-state index in [9.17, 15) is 10.1 Å². The predicted octanol–water partition coefficient (Wildman–Crippen LogP) is 2.79. The molecule has 1 aromatic heterocycles. The van der Waals surface area contributed by atoms with Crippen molar-refractivity contribution in [3.05, 3.63) is 58.9 Å². The van der Waals surface area contributed by atoms with Gasteiger partial charge in [0.2, 0.25) is 5.91 Å². The predicted molar refractivity (Wildman–Crippen MR) is 102 cm³/mol. The van der Waals surface area contributed by atoms with Crippen LogP contribution >= 0.6 is 0 Å². The molecule has 1 fully saturated rings. The van der Waals surface area contributed by atoms with Gasteiger partial charge < -0.3 is 9.88 Å². The molecule has 0 spiro atoms. The van der Waals surface area contributed by atoms with E-state index in [4.69, 9.17) is 0 Å². The number of nitrogens with zero attached hydrogens (tertiary/aromatic N) is 3. The van der Waals surface area contributed by atoms with Crippen molar-refractivity contribution in [3.8, 4) is 6.07 Å². The van der Waals surface area contributed by atoms with Crippen LogP contribution in [0.5, 0.6) is 0 Å². The Kier molecular flexibility index (Phi) is 5.43. The molecule has 5 nitrogen and oxygen atoms in total. The lowest BCUT2D eigenvalue weighted by molar-refractivity contribution is -0.119. The van der Waals surface area contributed by atoms with E-state index in [2.05, 4.69) is 53.7 Å². The van der Waals surface area contributed by atoms with Crippen LogP contribution < -0.4 is 5.32 Å². The summed E-state index contributed by atoms with van der Waals surface area (Å²) in [5.41, 5.74) is 4.36. The molecule has 2 aromatic rings. The number of amides is 1. The Labute approximate surface area is 155 Å². The van der Waals surface area contributed by atoms with E-state index < -0.39 is 0 Å². The first-order valence-corrected chi connectivity index (χ1v) is 9.15. The number of hydrogen-bond donors (Lipinski definition) is 1. The topological polar surface area (TPSA) is 61.1 Å². The van der Waals surface area contributed by atoms with Crippen molar-refractivity contribution < 1.29 is 4.79 Å². The first-order chi connectivity index (χ1) is 12.5. The van der Waals surface area contributed by atoms with E-state index in [0.29, 0.717) is 5.69 Å². The zero-order valence-electron chi connectivity index (χ0n) is 15.7. The van der Waals surface area contributed by atoms with Crippen LogP contribution in [0.3, 0.4) is 0 Å². The van der Waals surface area contributed by atoms with Crippen LogP contribution in [0.15, 0.2) is 36.5 Å². The van der Waals surface area contributed by atoms with Crippen molar-refractivity contribution in [2.45, 2.75) is 45.8 Å². The highest BCUT2D eigenvalue weighted by Gasteiger charge is 2.34. The summed E-state index contributed by atoms with van der Waals surface area (Å²) >= 11 is 0. The molecule has 1 N–H and O–H groups in total. The molecule has 1 aliphatic rings. The highest BCUT2D eigenvalue weighted by atomic mass is 16.1. The smallest absolute Gasteiger partial charge is 0.217 e. The van der Waals surface area contributed by atoms with E-state index >= 15 is 0 Å². The fourth-order valence-corrected chi connectivity index (χ4v) is 3.84. The second-order valence-corrected chi connectivity index (χ2v) is 7.15. The summed E-state index contributed by atoms with van der Waals surface area (Å²) in [5.74, 6) is 0.293. The number of hydrogen-bond acceptors (Lipinski definition) is 3. The monoisotopic (exact) mass is 350 g/mol. The van der Waals surface area contributed by atoms with Crippen LogP contribution in [-0.4, -0.2) is 34.5 Å². The average Bonchev–Trinajstić information content (AvgIpc) is 3.18. The minimum Gasteiger partial charge on any atom is -0.352 e. The van der Waals surface area contributed by atoms with E-state index in [-0.39, 0.29) is 17.9 Å². The molecule has 0 saturated carbocycles. The van der Waals surface area contributed by atoms with Crippen molar-refractivity contribution in [1.82, 2.24) is 14.8 Å². The minimum absolute atomic E-state index is 0.0119. The third-order valence-corrected chi connectivity index (χ3v) is 5.10. The van der Waals surface area contributed by atoms with Crippen molar-refractivity contribution in [3.63, 3.8) is 0 Å². The maximum absolute atomic E-state index is 11.7. The Morgan fingerprint density at radius 3 is 2.62 bits per heavy atom. The van der Waals surface area contributed by atoms with Gasteiger partial charge in [0, 0.05) is 51.3 Å². The molecule has 1 saturated heterocycles. The zero-order valence-corrected chi connectivity index (χ0v) is 15.7. The molecular weight excluding hydrogens is 324 g/mol. The zero-order chi connectivity index (χ0) is 18.7. The maximum atomic E-state index is 11.7. The number of likely N-dealkylation sites (tertiary alicyclic amines) is 1. The molecule has 0 radical (unpaired) electrons. The molecule has 1 aliphatic heterocycles. The van der Waals surface area contributed by atoms with E-state index in [1.807, 2.05) is 17.6 Å². The average molecular weight is 350 g/mol. The fraction of sp³-hybridized carbons (Fsp3) is 0.429. The standard InChI is InChI=1S/C21H26N4O/c1-4-25-12-17(9-19(25)10-22)11-24-13-20(21(14-24)23-16(3)26)18-7-5-15(2)6-8-18/h5-9,12,20-21H,4,11,13-14H2,1-3H3,(H,23,26)/t20-,21+/m1/s1. The van der Waals surface area contributed by atoms with Crippen molar-refractivity contribution in [2.24, 2.45) is 0 Å². The summed E-state index contributed by atoms with van der Waals surface area (Å²) in [7, 11) is 0. The molecule has 26 heavy (non-hydrogen) atoms. The Bertz CT molecular complexity index is 816. The van der Waals surface area contributed by atoms with Crippen LogP contribution in [-0.2, 0) is 17.9 Å². The first kappa shape index (κ1) is 18.2. The molecule has 1 aromatic carbocycles. The van der Waals surface area contributed by atoms with Crippen molar-refractivity contribution in [1.29, 1.82) is 5.26 Å². The van der Waals surface area contributed by atoms with E-state index in [0.717, 1.165) is 31.7 Å². The van der Waals surface area contributed by atoms with Gasteiger partial charge in [0.15, 0.2) is 0 Å². The fourth-order valence-electron chi connectivity index (χ4n) is 3.84. The molecule has 2 heterocycles. The molecular formula is C21H26N4O. The maximum Gasteiger partial charge on any atom is 0.217 e. The quantitative estimate of drug-likeness (QED) is 0.902. The van der Waals surface area contributed by atoms with E-state index in [1.165, 1.54) is 11.1 Å². The normalized spacial score (nSPS) is 20.1. The number of carbonyl (C=O) groups is 1. The van der Waals surface area contributed by atoms with Gasteiger partial charge in [-0.1, -0.05) is 29.8 Å². The highest BCUT2D eigenvalue weighted by molar-refractivity contribution is 5.73. The molecule has 0 unspecified atom stereocenters. The van der Waals surface area contributed by atoms with Crippen LogP contribution in [0.25, 0.3) is 0 Å². The van der Waals surface area contributed by atoms with Gasteiger partial charge >= 0.3 is 0 Å². The summed E-state index contributed by atoms with van der Waals surface area (Å²) in [6.45, 7) is 9.01. The van der Waals surface area contributed by atoms with Gasteiger partial charge in [-0.25, -0.2) is 0 Å². The second kappa shape index (κ2) is 7.76. The van der Waals surface area contributed by atoms with Crippen molar-refractivity contribution in [2.75, 3.05) is 13.1 Å². The van der Waals surface area contributed by atoms with Gasteiger partial charge in [0.05, 0.1) is 0 Å². The Hall–Kier alpha value is -2.58. The van der Waals surface area contributed by atoms with E-state index in [1.54, 1.807) is 6.92 Å². The number of carbonyl (C=O) groups excluding carboxylic acids is 1. The molecule has 0 bridgehead atoms. The number of benzene rings is 1. The minimum atomic E-state index is 0.0119. The SMILES string of the molecule is CCn1cc(CN2C[C@H](NC(C)=O)[C@@H](c3ccc(C)cc3)C2)cc1C#N. The summed E-state index contributed by atoms with van der Waals surface area (Å²) in [4.78, 5) is 14.0. The van der Waals surface area contributed by atoms with Crippen LogP contribution in [0.2, 0.25) is 0 Å². The van der Waals surface area contributed by atoms with Gasteiger partial charge in [-0.3, -0.25) is 9.69 Å². The van der Waals surface area contributed by atoms with Crippen molar-refractivity contribution >= 4 is 5.91 Å². The third-order valence-electron chi connectivity index (χ3n) is 5.10. The number of aromatic nitrogens is 1. The van der Waals surface area contributed by atoms with Gasteiger partial charge in [-0.2, -0.15) is 5.26 Å². The van der Waals surface area contributed by atoms with Crippen LogP contribution in [0.4, 0.5) is 0 Å². The lowest BCUT2D eigenvalue weighted by Gasteiger charge is -2.19. The van der Waals surface area contributed by atoms with Crippen LogP contribution in [0, 0.1) is 18.3 Å². The lowest BCUT2D eigenvalue weighted by Crippen LogP contribution is -2.38. The molecule has 0 aliphatic carbocycles. The lowest BCUT2D eigenvalue weighted by atomic mass is 9.93. The molecule has 136 valence electrons. The molecule has 2 atom stereocenters. The van der Waals surface area contributed by atoms with Gasteiger partial charge in [-0.05, 0) is 31.0 Å². The number of nitriles is 1. The Morgan fingerprint density at radius 2 is 2.04 bits per heavy atom. The first-order valence-electron chi connectivity index (χ1n) is 9.15. The highest BCUT2D eigenvalue weighted by Crippen LogP contribution is 2.29. The van der Waals surface area contributed by atoms with Gasteiger partial charge in [0.1, 0.15) is 11.8 Å². The number of aryl methyl sites for hydroxylation is 2. The Morgan fingerprint density at radius 1 is 1.31 bits per heavy atom. The summed E-state index contributed by atoms with van der Waals surface area (Å²) in [6, 6.07) is 12.9. The van der Waals surface area contributed by atoms with Crippen LogP contribution in [0.1, 0.15) is 42.1 Å². The molecule has 3 rings (SSSR count). The number of rotatable bonds is 5. The summed E-state index contributed by atoms with van der Waals surface area (Å²) in [6.07, 6.45) is 2.06. The largest absolute Gasteiger partial charge is 0.352 e. The van der Waals surface area contributed by atoms with Gasteiger partial charge in [0.25, 0.3) is 0 Å². The summed E-state index contributed by atoms with van der Waals surface area (Å²) in [5, 5.41) is 12.4. The molecule has 1 amide bonds.